The van der Waals surface area contributed by atoms with Crippen molar-refractivity contribution in [2.75, 3.05) is 13.1 Å². The van der Waals surface area contributed by atoms with Gasteiger partial charge in [0.2, 0.25) is 0 Å². The molecule has 1 atom stereocenters. The molecule has 2 aromatic rings. The van der Waals surface area contributed by atoms with E-state index in [1.54, 1.807) is 0 Å². The summed E-state index contributed by atoms with van der Waals surface area (Å²) in [6.45, 7) is 4.13. The van der Waals surface area contributed by atoms with Gasteiger partial charge in [-0.05, 0) is 54.3 Å². The smallest absolute Gasteiger partial charge is 0.167 e. The lowest BCUT2D eigenvalue weighted by Crippen LogP contribution is -2.34. The second-order valence-corrected chi connectivity index (χ2v) is 7.71. The zero-order valence-corrected chi connectivity index (χ0v) is 15.2. The van der Waals surface area contributed by atoms with E-state index in [9.17, 15) is 4.79 Å². The minimum Gasteiger partial charge on any atom is -0.316 e. The number of rotatable bonds is 2. The number of Topliss-reactive ketones (excluding diaryl/α,β-unsaturated/α-hetero) is 1. The summed E-state index contributed by atoms with van der Waals surface area (Å²) in [5, 5.41) is 5.59. The third-order valence-electron chi connectivity index (χ3n) is 4.62. The zero-order valence-electron chi connectivity index (χ0n) is 13.6. The summed E-state index contributed by atoms with van der Waals surface area (Å²) in [5.41, 5.74) is 0.837. The van der Waals surface area contributed by atoms with E-state index < -0.39 is 0 Å². The maximum atomic E-state index is 12.5. The molecule has 2 aliphatic rings. The Bertz CT molecular complexity index is 687. The Morgan fingerprint density at radius 2 is 1.78 bits per heavy atom. The minimum absolute atomic E-state index is 0.140. The molecule has 122 valence electrons. The number of fused-ring (bicyclic) bond motifs is 1. The number of halogens is 1. The van der Waals surface area contributed by atoms with Gasteiger partial charge in [-0.3, -0.25) is 4.79 Å². The molecule has 1 heterocycles. The van der Waals surface area contributed by atoms with Crippen molar-refractivity contribution in [3.05, 3.63) is 46.4 Å². The van der Waals surface area contributed by atoms with Crippen LogP contribution in [0.5, 0.6) is 0 Å². The summed E-state index contributed by atoms with van der Waals surface area (Å²) in [5.74, 6) is 1.50. The number of hydrogen-bond donors (Lipinski definition) is 1. The van der Waals surface area contributed by atoms with E-state index in [0.29, 0.717) is 0 Å². The van der Waals surface area contributed by atoms with Gasteiger partial charge in [0.05, 0.1) is 0 Å². The molecule has 3 heteroatoms. The van der Waals surface area contributed by atoms with Crippen LogP contribution in [-0.2, 0) is 0 Å². The maximum Gasteiger partial charge on any atom is 0.167 e. The molecule has 4 rings (SSSR count). The molecule has 1 N–H and O–H groups in total. The number of piperidine rings is 1. The van der Waals surface area contributed by atoms with Crippen LogP contribution in [0.3, 0.4) is 0 Å². The molecule has 0 radical (unpaired) electrons. The number of carbonyl (C=O) groups is 1. The molecule has 2 aromatic carbocycles. The van der Waals surface area contributed by atoms with Crippen LogP contribution >= 0.6 is 15.9 Å². The van der Waals surface area contributed by atoms with Crippen molar-refractivity contribution in [3.63, 3.8) is 0 Å². The van der Waals surface area contributed by atoms with Crippen molar-refractivity contribution in [2.45, 2.75) is 32.6 Å². The molecule has 1 saturated heterocycles. The highest BCUT2D eigenvalue weighted by molar-refractivity contribution is 9.10. The van der Waals surface area contributed by atoms with Crippen LogP contribution in [0.4, 0.5) is 0 Å². The van der Waals surface area contributed by atoms with Gasteiger partial charge in [-0.25, -0.2) is 0 Å². The van der Waals surface area contributed by atoms with Crippen molar-refractivity contribution >= 4 is 32.5 Å². The summed E-state index contributed by atoms with van der Waals surface area (Å²) in [6.07, 6.45) is 5.07. The normalized spacial score (nSPS) is 20.7. The van der Waals surface area contributed by atoms with Gasteiger partial charge in [0, 0.05) is 22.5 Å². The highest BCUT2D eigenvalue weighted by atomic mass is 79.9. The number of carbonyl (C=O) groups excluding carboxylic acids is 1. The first-order chi connectivity index (χ1) is 11.1. The van der Waals surface area contributed by atoms with Gasteiger partial charge in [-0.1, -0.05) is 53.9 Å². The fourth-order valence-electron chi connectivity index (χ4n) is 2.85. The quantitative estimate of drug-likeness (QED) is 0.732. The highest BCUT2D eigenvalue weighted by Gasteiger charge is 2.22. The van der Waals surface area contributed by atoms with Gasteiger partial charge in [-0.15, -0.1) is 0 Å². The van der Waals surface area contributed by atoms with E-state index in [-0.39, 0.29) is 11.7 Å². The Balaban J connectivity index is 0.000000341. The first-order valence-electron chi connectivity index (χ1n) is 8.58. The lowest BCUT2D eigenvalue weighted by Gasteiger charge is -2.21. The van der Waals surface area contributed by atoms with E-state index in [1.807, 2.05) is 24.3 Å². The first kappa shape index (κ1) is 16.7. The minimum atomic E-state index is 0.140. The Morgan fingerprint density at radius 3 is 2.43 bits per heavy atom. The summed E-state index contributed by atoms with van der Waals surface area (Å²) in [4.78, 5) is 12.5. The SMILES string of the molecule is CC1CC1.O=C(c1ccc2cc(Br)ccc2c1)C1CCCNC1. The molecule has 0 bridgehead atoms. The lowest BCUT2D eigenvalue weighted by atomic mass is 9.90. The summed E-state index contributed by atoms with van der Waals surface area (Å²) < 4.78 is 1.07. The van der Waals surface area contributed by atoms with Crippen LogP contribution in [0, 0.1) is 11.8 Å². The third-order valence-corrected chi connectivity index (χ3v) is 5.11. The predicted octanol–water partition coefficient (Wildman–Crippen LogP) is 5.20. The maximum absolute atomic E-state index is 12.5. The summed E-state index contributed by atoms with van der Waals surface area (Å²) >= 11 is 3.47. The van der Waals surface area contributed by atoms with E-state index >= 15 is 0 Å². The molecule has 1 saturated carbocycles. The van der Waals surface area contributed by atoms with Crippen LogP contribution in [0.1, 0.15) is 43.0 Å². The molecule has 23 heavy (non-hydrogen) atoms. The Morgan fingerprint density at radius 1 is 1.09 bits per heavy atom. The van der Waals surface area contributed by atoms with E-state index in [4.69, 9.17) is 0 Å². The first-order valence-corrected chi connectivity index (χ1v) is 9.37. The molecule has 0 spiro atoms. The van der Waals surface area contributed by atoms with Gasteiger partial charge < -0.3 is 5.32 Å². The zero-order chi connectivity index (χ0) is 16.2. The van der Waals surface area contributed by atoms with Crippen LogP contribution in [0.2, 0.25) is 0 Å². The van der Waals surface area contributed by atoms with Crippen LogP contribution in [-0.4, -0.2) is 18.9 Å². The third kappa shape index (κ3) is 4.65. The summed E-state index contributed by atoms with van der Waals surface area (Å²) in [6, 6.07) is 12.1. The largest absolute Gasteiger partial charge is 0.316 e. The van der Waals surface area contributed by atoms with Crippen molar-refractivity contribution in [1.82, 2.24) is 5.32 Å². The van der Waals surface area contributed by atoms with Crippen LogP contribution < -0.4 is 5.32 Å². The molecule has 2 nitrogen and oxygen atoms in total. The van der Waals surface area contributed by atoms with Crippen LogP contribution in [0.25, 0.3) is 10.8 Å². The van der Waals surface area contributed by atoms with E-state index in [2.05, 4.69) is 40.3 Å². The van der Waals surface area contributed by atoms with Gasteiger partial charge in [-0.2, -0.15) is 0 Å². The monoisotopic (exact) mass is 373 g/mol. The van der Waals surface area contributed by atoms with Crippen LogP contribution in [0.15, 0.2) is 40.9 Å². The predicted molar refractivity (Wildman–Crippen MR) is 100.0 cm³/mol. The number of ketones is 1. The fourth-order valence-corrected chi connectivity index (χ4v) is 3.23. The Kier molecular flexibility index (Phi) is 5.50. The van der Waals surface area contributed by atoms with E-state index in [1.165, 1.54) is 12.8 Å². The van der Waals surface area contributed by atoms with Gasteiger partial charge in [0.25, 0.3) is 0 Å². The van der Waals surface area contributed by atoms with Gasteiger partial charge in [0.15, 0.2) is 5.78 Å². The molecule has 0 aromatic heterocycles. The number of hydrogen-bond acceptors (Lipinski definition) is 2. The number of benzene rings is 2. The second kappa shape index (κ2) is 7.59. The van der Waals surface area contributed by atoms with Crippen molar-refractivity contribution in [2.24, 2.45) is 11.8 Å². The second-order valence-electron chi connectivity index (χ2n) is 6.80. The molecule has 1 aliphatic heterocycles. The standard InChI is InChI=1S/C16H16BrNO.C4H8/c17-15-6-5-11-8-13(4-3-12(11)9-15)16(19)14-2-1-7-18-10-14;1-4-2-3-4/h3-6,8-9,14,18H,1-2,7,10H2;4H,2-3H2,1H3. The molecular weight excluding hydrogens is 350 g/mol. The molecule has 2 fully saturated rings. The van der Waals surface area contributed by atoms with E-state index in [0.717, 1.165) is 52.7 Å². The van der Waals surface area contributed by atoms with Gasteiger partial charge in [0.1, 0.15) is 0 Å². The highest BCUT2D eigenvalue weighted by Crippen LogP contribution is 2.26. The molecule has 1 aliphatic carbocycles. The van der Waals surface area contributed by atoms with Crippen molar-refractivity contribution < 1.29 is 4.79 Å². The topological polar surface area (TPSA) is 29.1 Å². The molecule has 1 unspecified atom stereocenters. The average molecular weight is 374 g/mol. The summed E-state index contributed by atoms with van der Waals surface area (Å²) in [7, 11) is 0. The fraction of sp³-hybridized carbons (Fsp3) is 0.450. The molecule has 0 amide bonds. The van der Waals surface area contributed by atoms with Crippen molar-refractivity contribution in [3.8, 4) is 0 Å². The molecular formula is C20H24BrNO. The lowest BCUT2D eigenvalue weighted by molar-refractivity contribution is 0.0900. The van der Waals surface area contributed by atoms with Gasteiger partial charge >= 0.3 is 0 Å². The average Bonchev–Trinajstić information content (AvgIpc) is 3.37. The number of nitrogens with one attached hydrogen (secondary N) is 1. The Labute approximate surface area is 146 Å². The van der Waals surface area contributed by atoms with Crippen molar-refractivity contribution in [1.29, 1.82) is 0 Å². The Hall–Kier alpha value is -1.19.